The van der Waals surface area contributed by atoms with Gasteiger partial charge in [-0.15, -0.1) is 5.10 Å². The fraction of sp³-hybridized carbons (Fsp3) is 0.250. The summed E-state index contributed by atoms with van der Waals surface area (Å²) in [6.45, 7) is 2.54. The molecule has 0 bridgehead atoms. The molecule has 5 rings (SSSR count). The lowest BCUT2D eigenvalue weighted by molar-refractivity contribution is 0.656. The second-order valence-electron chi connectivity index (χ2n) is 8.14. The highest BCUT2D eigenvalue weighted by Crippen LogP contribution is 2.24. The maximum Gasteiger partial charge on any atom is 0.334 e. The Kier molecular flexibility index (Phi) is 5.86. The first-order valence-corrected chi connectivity index (χ1v) is 11.2. The van der Waals surface area contributed by atoms with Gasteiger partial charge in [0.25, 0.3) is 0 Å². The topological polar surface area (TPSA) is 112 Å². The molecule has 0 aliphatic heterocycles. The van der Waals surface area contributed by atoms with Gasteiger partial charge in [-0.25, -0.2) is 9.89 Å². The molecule has 0 saturated heterocycles. The zero-order valence-corrected chi connectivity index (χ0v) is 19.1. The van der Waals surface area contributed by atoms with E-state index in [0.717, 1.165) is 53.2 Å². The second-order valence-corrected chi connectivity index (χ2v) is 8.14. The molecular weight excluding hydrogens is 430 g/mol. The van der Waals surface area contributed by atoms with Gasteiger partial charge in [0.1, 0.15) is 5.82 Å². The van der Waals surface area contributed by atoms with Crippen molar-refractivity contribution in [2.24, 2.45) is 7.05 Å². The van der Waals surface area contributed by atoms with Gasteiger partial charge in [-0.1, -0.05) is 31.5 Å². The molecule has 10 heteroatoms. The summed E-state index contributed by atoms with van der Waals surface area (Å²) in [6.07, 6.45) is 8.28. The van der Waals surface area contributed by atoms with Gasteiger partial charge in [-0.05, 0) is 52.6 Å². The van der Waals surface area contributed by atoms with Crippen LogP contribution in [0.3, 0.4) is 0 Å². The van der Waals surface area contributed by atoms with Crippen LogP contribution >= 0.6 is 0 Å². The van der Waals surface area contributed by atoms with Crippen LogP contribution in [0.25, 0.3) is 28.3 Å². The van der Waals surface area contributed by atoms with E-state index in [1.54, 1.807) is 21.6 Å². The van der Waals surface area contributed by atoms with Gasteiger partial charge in [0.2, 0.25) is 0 Å². The highest BCUT2D eigenvalue weighted by atomic mass is 16.1. The first-order valence-electron chi connectivity index (χ1n) is 11.2. The fourth-order valence-corrected chi connectivity index (χ4v) is 4.05. The number of tetrazole rings is 1. The minimum Gasteiger partial charge on any atom is -0.290 e. The second kappa shape index (κ2) is 9.26. The monoisotopic (exact) mass is 455 g/mol. The molecule has 0 fully saturated rings. The van der Waals surface area contributed by atoms with Crippen LogP contribution in [0.2, 0.25) is 0 Å². The molecule has 1 N–H and O–H groups in total. The van der Waals surface area contributed by atoms with Crippen molar-refractivity contribution in [3.05, 3.63) is 82.9 Å². The molecule has 0 saturated carbocycles. The van der Waals surface area contributed by atoms with E-state index in [9.17, 15) is 4.79 Å². The summed E-state index contributed by atoms with van der Waals surface area (Å²) in [5, 5.41) is 18.3. The van der Waals surface area contributed by atoms with Gasteiger partial charge in [0.15, 0.2) is 5.82 Å². The molecule has 0 spiro atoms. The summed E-state index contributed by atoms with van der Waals surface area (Å²) >= 11 is 0. The van der Waals surface area contributed by atoms with E-state index in [1.807, 2.05) is 60.3 Å². The van der Waals surface area contributed by atoms with Crippen LogP contribution in [0.1, 0.15) is 31.2 Å². The van der Waals surface area contributed by atoms with Crippen molar-refractivity contribution < 1.29 is 0 Å². The van der Waals surface area contributed by atoms with Crippen LogP contribution in [0.4, 0.5) is 0 Å². The molecule has 0 atom stereocenters. The molecule has 0 amide bonds. The highest BCUT2D eigenvalue weighted by molar-refractivity contribution is 5.70. The first-order chi connectivity index (χ1) is 16.6. The Labute approximate surface area is 195 Å². The van der Waals surface area contributed by atoms with Crippen molar-refractivity contribution in [1.82, 2.24) is 44.5 Å². The van der Waals surface area contributed by atoms with E-state index in [0.29, 0.717) is 12.4 Å². The van der Waals surface area contributed by atoms with Gasteiger partial charge in [-0.2, -0.15) is 5.10 Å². The van der Waals surface area contributed by atoms with E-state index < -0.39 is 0 Å². The largest absolute Gasteiger partial charge is 0.334 e. The quantitative estimate of drug-likeness (QED) is 0.385. The maximum absolute atomic E-state index is 13.4. The zero-order valence-electron chi connectivity index (χ0n) is 19.1. The van der Waals surface area contributed by atoms with Crippen molar-refractivity contribution in [1.29, 1.82) is 0 Å². The Morgan fingerprint density at radius 2 is 1.88 bits per heavy atom. The standard InChI is InChI=1S/C24H25N9O/c1-3-4-8-21-16-33(22-10-12-26-31(22)2)24(34)32(21)15-20-14-18(9-11-25-20)17-6-5-7-19(13-17)23-27-29-30-28-23/h5-7,9-14,16H,3-4,8,15H2,1-2H3,(H,27,28,29,30). The summed E-state index contributed by atoms with van der Waals surface area (Å²) in [5.74, 6) is 1.35. The number of nitrogens with one attached hydrogen (secondary N) is 1. The number of aromatic amines is 1. The average molecular weight is 456 g/mol. The molecule has 0 aliphatic carbocycles. The van der Waals surface area contributed by atoms with Crippen LogP contribution in [0.15, 0.2) is 65.8 Å². The lowest BCUT2D eigenvalue weighted by Gasteiger charge is -2.09. The first kappa shape index (κ1) is 21.5. The normalized spacial score (nSPS) is 11.2. The van der Waals surface area contributed by atoms with Crippen molar-refractivity contribution in [2.75, 3.05) is 0 Å². The molecular formula is C24H25N9O. The number of unbranched alkanes of at least 4 members (excludes halogenated alkanes) is 1. The summed E-state index contributed by atoms with van der Waals surface area (Å²) in [4.78, 5) is 17.9. The SMILES string of the molecule is CCCCc1cn(-c2ccnn2C)c(=O)n1Cc1cc(-c2cccc(-c3nnn[nH]3)c2)ccn1. The van der Waals surface area contributed by atoms with E-state index in [1.165, 1.54) is 0 Å². The molecule has 4 heterocycles. The molecule has 4 aromatic heterocycles. The third-order valence-corrected chi connectivity index (χ3v) is 5.84. The Hall–Kier alpha value is -4.34. The van der Waals surface area contributed by atoms with Gasteiger partial charge in [-0.3, -0.25) is 18.8 Å². The number of rotatable bonds is 8. The van der Waals surface area contributed by atoms with Crippen molar-refractivity contribution in [3.63, 3.8) is 0 Å². The Morgan fingerprint density at radius 3 is 2.65 bits per heavy atom. The lowest BCUT2D eigenvalue weighted by atomic mass is 10.0. The van der Waals surface area contributed by atoms with E-state index in [4.69, 9.17) is 0 Å². The Balaban J connectivity index is 1.49. The maximum atomic E-state index is 13.4. The fourth-order valence-electron chi connectivity index (χ4n) is 4.05. The number of pyridine rings is 1. The Bertz CT molecular complexity index is 1460. The molecule has 0 unspecified atom stereocenters. The number of H-pyrrole nitrogens is 1. The van der Waals surface area contributed by atoms with E-state index >= 15 is 0 Å². The van der Waals surface area contributed by atoms with Crippen molar-refractivity contribution in [2.45, 2.75) is 32.7 Å². The number of aromatic nitrogens is 9. The molecule has 1 aromatic carbocycles. The number of hydrogen-bond donors (Lipinski definition) is 1. The number of benzene rings is 1. The highest BCUT2D eigenvalue weighted by Gasteiger charge is 2.15. The third-order valence-electron chi connectivity index (χ3n) is 5.84. The number of nitrogens with zero attached hydrogens (tertiary/aromatic N) is 8. The number of aryl methyl sites for hydroxylation is 2. The third kappa shape index (κ3) is 4.17. The molecule has 172 valence electrons. The van der Waals surface area contributed by atoms with Crippen LogP contribution in [0.5, 0.6) is 0 Å². The summed E-state index contributed by atoms with van der Waals surface area (Å²) < 4.78 is 5.17. The predicted molar refractivity (Wildman–Crippen MR) is 127 cm³/mol. The van der Waals surface area contributed by atoms with Gasteiger partial charge in [0, 0.05) is 36.8 Å². The van der Waals surface area contributed by atoms with Crippen LogP contribution < -0.4 is 5.69 Å². The summed E-state index contributed by atoms with van der Waals surface area (Å²) in [6, 6.07) is 13.8. The molecule has 34 heavy (non-hydrogen) atoms. The zero-order chi connectivity index (χ0) is 23.5. The molecule has 5 aromatic rings. The van der Waals surface area contributed by atoms with Crippen LogP contribution in [0, 0.1) is 0 Å². The van der Waals surface area contributed by atoms with E-state index in [-0.39, 0.29) is 5.69 Å². The summed E-state index contributed by atoms with van der Waals surface area (Å²) in [5.41, 5.74) is 4.62. The molecule has 10 nitrogen and oxygen atoms in total. The molecule has 0 radical (unpaired) electrons. The Morgan fingerprint density at radius 1 is 1.03 bits per heavy atom. The number of hydrogen-bond acceptors (Lipinski definition) is 6. The van der Waals surface area contributed by atoms with Crippen LogP contribution in [-0.4, -0.2) is 44.5 Å². The van der Waals surface area contributed by atoms with Crippen molar-refractivity contribution in [3.8, 4) is 28.3 Å². The van der Waals surface area contributed by atoms with Gasteiger partial charge >= 0.3 is 5.69 Å². The van der Waals surface area contributed by atoms with E-state index in [2.05, 4.69) is 37.6 Å². The minimum absolute atomic E-state index is 0.0956. The smallest absolute Gasteiger partial charge is 0.290 e. The van der Waals surface area contributed by atoms with Gasteiger partial charge < -0.3 is 0 Å². The lowest BCUT2D eigenvalue weighted by Crippen LogP contribution is -2.26. The van der Waals surface area contributed by atoms with Crippen LogP contribution in [-0.2, 0) is 20.0 Å². The van der Waals surface area contributed by atoms with Gasteiger partial charge in [0.05, 0.1) is 18.4 Å². The minimum atomic E-state index is -0.0956. The average Bonchev–Trinajstić information content (AvgIpc) is 3.60. The number of imidazole rings is 1. The van der Waals surface area contributed by atoms with Crippen molar-refractivity contribution >= 4 is 0 Å². The summed E-state index contributed by atoms with van der Waals surface area (Å²) in [7, 11) is 1.83. The predicted octanol–water partition coefficient (Wildman–Crippen LogP) is 3.01. The molecule has 0 aliphatic rings.